The highest BCUT2D eigenvalue weighted by atomic mass is 16.3. The van der Waals surface area contributed by atoms with E-state index in [9.17, 15) is 0 Å². The van der Waals surface area contributed by atoms with Gasteiger partial charge in [-0.25, -0.2) is 4.98 Å². The van der Waals surface area contributed by atoms with Crippen LogP contribution < -0.4 is 10.6 Å². The smallest absolute Gasteiger partial charge is 0.216 e. The molecule has 3 aromatic heterocycles. The highest BCUT2D eigenvalue weighted by Crippen LogP contribution is 2.14. The number of hydrogen-bond donors (Lipinski definition) is 3. The van der Waals surface area contributed by atoms with Gasteiger partial charge in [-0.2, -0.15) is 5.10 Å². The van der Waals surface area contributed by atoms with E-state index in [1.54, 1.807) is 19.6 Å². The molecule has 138 valence electrons. The van der Waals surface area contributed by atoms with E-state index in [0.717, 1.165) is 37.1 Å². The van der Waals surface area contributed by atoms with Crippen LogP contribution in [0.2, 0.25) is 0 Å². The van der Waals surface area contributed by atoms with Gasteiger partial charge < -0.3 is 19.6 Å². The molecule has 0 atom stereocenters. The average Bonchev–Trinajstić information content (AvgIpc) is 3.40. The van der Waals surface area contributed by atoms with E-state index in [0.29, 0.717) is 24.6 Å². The summed E-state index contributed by atoms with van der Waals surface area (Å²) in [4.78, 5) is 8.63. The van der Waals surface area contributed by atoms with Gasteiger partial charge in [0.25, 0.3) is 0 Å². The van der Waals surface area contributed by atoms with Gasteiger partial charge in [-0.3, -0.25) is 10.1 Å². The Morgan fingerprint density at radius 3 is 3.00 bits per heavy atom. The quantitative estimate of drug-likeness (QED) is 0.399. The zero-order chi connectivity index (χ0) is 18.2. The number of guanidine groups is 1. The molecule has 3 N–H and O–H groups in total. The molecule has 0 unspecified atom stereocenters. The maximum atomic E-state index is 5.28. The first-order valence-corrected chi connectivity index (χ1v) is 8.56. The minimum Gasteiger partial charge on any atom is -0.461 e. The lowest BCUT2D eigenvalue weighted by Gasteiger charge is -2.12. The molecule has 0 bridgehead atoms. The van der Waals surface area contributed by atoms with E-state index < -0.39 is 0 Å². The summed E-state index contributed by atoms with van der Waals surface area (Å²) in [7, 11) is 1.75. The molecule has 3 rings (SSSR count). The summed E-state index contributed by atoms with van der Waals surface area (Å²) < 4.78 is 7.32. The monoisotopic (exact) mass is 357 g/mol. The van der Waals surface area contributed by atoms with Gasteiger partial charge >= 0.3 is 0 Å². The molecule has 0 saturated carbocycles. The normalized spacial score (nSPS) is 11.7. The molecular weight excluding hydrogens is 334 g/mol. The van der Waals surface area contributed by atoms with E-state index in [-0.39, 0.29) is 0 Å². The molecule has 0 aliphatic carbocycles. The first kappa shape index (κ1) is 17.6. The van der Waals surface area contributed by atoms with E-state index >= 15 is 0 Å². The topological polar surface area (TPSA) is 122 Å². The van der Waals surface area contributed by atoms with Crippen molar-refractivity contribution in [1.29, 1.82) is 0 Å². The zero-order valence-corrected chi connectivity index (χ0v) is 14.9. The lowest BCUT2D eigenvalue weighted by atomic mass is 10.4. The number of nitrogens with zero attached hydrogens (tertiary/aromatic N) is 6. The fourth-order valence-corrected chi connectivity index (χ4v) is 2.48. The number of aryl methyl sites for hydroxylation is 1. The molecule has 0 amide bonds. The molecule has 10 heteroatoms. The van der Waals surface area contributed by atoms with E-state index in [1.807, 2.05) is 16.7 Å². The third kappa shape index (κ3) is 4.47. The standard InChI is InChI=1S/C16H23N9O/c1-3-14-23-20-11-25(14)9-8-19-16(17-2)18-7-6-13-21-15(24-22-13)12-5-4-10-26-12/h4-5,10-11H,3,6-9H2,1-2H3,(H2,17,18,19)(H,21,22,24). The highest BCUT2D eigenvalue weighted by Gasteiger charge is 2.08. The Labute approximate surface area is 151 Å². The fraction of sp³-hybridized carbons (Fsp3) is 0.438. The van der Waals surface area contributed by atoms with Crippen molar-refractivity contribution in [3.05, 3.63) is 36.4 Å². The number of hydrogen-bond acceptors (Lipinski definition) is 6. The van der Waals surface area contributed by atoms with Gasteiger partial charge in [0.15, 0.2) is 11.7 Å². The predicted molar refractivity (Wildman–Crippen MR) is 96.6 cm³/mol. The third-order valence-electron chi connectivity index (χ3n) is 3.81. The van der Waals surface area contributed by atoms with Crippen molar-refractivity contribution in [2.24, 2.45) is 4.99 Å². The van der Waals surface area contributed by atoms with Crippen molar-refractivity contribution >= 4 is 5.96 Å². The molecule has 0 aliphatic rings. The number of aromatic nitrogens is 6. The summed E-state index contributed by atoms with van der Waals surface area (Å²) >= 11 is 0. The van der Waals surface area contributed by atoms with Crippen LogP contribution in [-0.2, 0) is 19.4 Å². The van der Waals surface area contributed by atoms with Gasteiger partial charge in [-0.1, -0.05) is 6.92 Å². The highest BCUT2D eigenvalue weighted by molar-refractivity contribution is 5.79. The van der Waals surface area contributed by atoms with E-state index in [1.165, 1.54) is 0 Å². The molecule has 26 heavy (non-hydrogen) atoms. The van der Waals surface area contributed by atoms with Crippen LogP contribution in [0.15, 0.2) is 34.1 Å². The number of aromatic amines is 1. The predicted octanol–water partition coefficient (Wildman–Crippen LogP) is 0.626. The fourth-order valence-electron chi connectivity index (χ4n) is 2.48. The second-order valence-corrected chi connectivity index (χ2v) is 5.55. The minimum absolute atomic E-state index is 0.563. The van der Waals surface area contributed by atoms with Gasteiger partial charge in [0, 0.05) is 39.5 Å². The second kappa shape index (κ2) is 8.79. The summed E-state index contributed by atoms with van der Waals surface area (Å²) in [5, 5.41) is 21.6. The van der Waals surface area contributed by atoms with E-state index in [4.69, 9.17) is 4.42 Å². The summed E-state index contributed by atoms with van der Waals surface area (Å²) in [6.45, 7) is 4.26. The maximum Gasteiger partial charge on any atom is 0.216 e. The zero-order valence-electron chi connectivity index (χ0n) is 14.9. The van der Waals surface area contributed by atoms with Gasteiger partial charge in [-0.15, -0.1) is 10.2 Å². The Hall–Kier alpha value is -3.17. The van der Waals surface area contributed by atoms with Crippen LogP contribution in [0.25, 0.3) is 11.6 Å². The third-order valence-corrected chi connectivity index (χ3v) is 3.81. The van der Waals surface area contributed by atoms with E-state index in [2.05, 4.69) is 47.9 Å². The Balaban J connectivity index is 1.40. The van der Waals surface area contributed by atoms with Crippen LogP contribution in [-0.4, -0.2) is 56.0 Å². The largest absolute Gasteiger partial charge is 0.461 e. The van der Waals surface area contributed by atoms with Crippen LogP contribution >= 0.6 is 0 Å². The molecule has 0 aliphatic heterocycles. The molecule has 10 nitrogen and oxygen atoms in total. The van der Waals surface area contributed by atoms with Crippen molar-refractivity contribution in [1.82, 2.24) is 40.6 Å². The summed E-state index contributed by atoms with van der Waals surface area (Å²) in [6, 6.07) is 3.64. The average molecular weight is 357 g/mol. The first-order chi connectivity index (χ1) is 12.8. The summed E-state index contributed by atoms with van der Waals surface area (Å²) in [6.07, 6.45) is 4.91. The van der Waals surface area contributed by atoms with Crippen LogP contribution in [0.5, 0.6) is 0 Å². The maximum absolute atomic E-state index is 5.28. The van der Waals surface area contributed by atoms with Crippen molar-refractivity contribution in [3.8, 4) is 11.6 Å². The molecule has 0 aromatic carbocycles. The number of rotatable bonds is 8. The Morgan fingerprint density at radius 1 is 1.35 bits per heavy atom. The number of furan rings is 1. The molecule has 0 spiro atoms. The number of H-pyrrole nitrogens is 1. The Kier molecular flexibility index (Phi) is 5.96. The molecule has 0 saturated heterocycles. The molecular formula is C16H23N9O. The summed E-state index contributed by atoms with van der Waals surface area (Å²) in [5.41, 5.74) is 0. The van der Waals surface area contributed by atoms with Crippen LogP contribution in [0.4, 0.5) is 0 Å². The van der Waals surface area contributed by atoms with Gasteiger partial charge in [-0.05, 0) is 12.1 Å². The van der Waals surface area contributed by atoms with Crippen molar-refractivity contribution in [2.75, 3.05) is 20.1 Å². The van der Waals surface area contributed by atoms with Gasteiger partial charge in [0.1, 0.15) is 18.0 Å². The van der Waals surface area contributed by atoms with Crippen molar-refractivity contribution < 1.29 is 4.42 Å². The molecule has 0 fully saturated rings. The molecule has 3 heterocycles. The van der Waals surface area contributed by atoms with Gasteiger partial charge in [0.05, 0.1) is 6.26 Å². The van der Waals surface area contributed by atoms with Gasteiger partial charge in [0.2, 0.25) is 5.82 Å². The second-order valence-electron chi connectivity index (χ2n) is 5.55. The van der Waals surface area contributed by atoms with Crippen LogP contribution in [0, 0.1) is 0 Å². The van der Waals surface area contributed by atoms with Crippen LogP contribution in [0.1, 0.15) is 18.6 Å². The SMILES string of the molecule is CCc1nncn1CCNC(=NC)NCCc1nc(-c2ccco2)n[nH]1. The number of nitrogens with one attached hydrogen (secondary N) is 3. The Bertz CT molecular complexity index is 819. The summed E-state index contributed by atoms with van der Waals surface area (Å²) in [5.74, 6) is 3.72. The van der Waals surface area contributed by atoms with Crippen molar-refractivity contribution in [3.63, 3.8) is 0 Å². The number of aliphatic imine (C=N–C) groups is 1. The Morgan fingerprint density at radius 2 is 2.23 bits per heavy atom. The van der Waals surface area contributed by atoms with Crippen molar-refractivity contribution in [2.45, 2.75) is 26.3 Å². The first-order valence-electron chi connectivity index (χ1n) is 8.56. The molecule has 3 aromatic rings. The lowest BCUT2D eigenvalue weighted by molar-refractivity contribution is 0.577. The minimum atomic E-state index is 0.563. The van der Waals surface area contributed by atoms with Crippen LogP contribution in [0.3, 0.4) is 0 Å². The molecule has 0 radical (unpaired) electrons. The lowest BCUT2D eigenvalue weighted by Crippen LogP contribution is -2.39.